The maximum atomic E-state index is 11.9. The van der Waals surface area contributed by atoms with E-state index in [4.69, 9.17) is 4.74 Å². The van der Waals surface area contributed by atoms with E-state index < -0.39 is 0 Å². The number of hydrogen-bond donors (Lipinski definition) is 1. The first-order chi connectivity index (χ1) is 11.1. The second kappa shape index (κ2) is 7.01. The predicted octanol–water partition coefficient (Wildman–Crippen LogP) is 5.46. The van der Waals surface area contributed by atoms with Gasteiger partial charge in [-0.2, -0.15) is 0 Å². The van der Waals surface area contributed by atoms with Crippen LogP contribution in [0.15, 0.2) is 12.1 Å². The largest absolute Gasteiger partial charge is 0.507 e. The minimum absolute atomic E-state index is 0.163. The minimum Gasteiger partial charge on any atom is -0.507 e. The normalized spacial score (nSPS) is 14.3. The van der Waals surface area contributed by atoms with Gasteiger partial charge in [0.05, 0.1) is 13.0 Å². The molecule has 0 bridgehead atoms. The highest BCUT2D eigenvalue weighted by Gasteiger charge is 2.32. The van der Waals surface area contributed by atoms with E-state index in [-0.39, 0.29) is 28.1 Å². The number of benzene rings is 1. The van der Waals surface area contributed by atoms with Crippen LogP contribution < -0.4 is 0 Å². The van der Waals surface area contributed by atoms with Gasteiger partial charge in [-0.3, -0.25) is 4.79 Å². The number of methoxy groups -OCH3 is 1. The van der Waals surface area contributed by atoms with E-state index >= 15 is 0 Å². The lowest BCUT2D eigenvalue weighted by atomic mass is 9.72. The lowest BCUT2D eigenvalue weighted by molar-refractivity contribution is -0.145. The van der Waals surface area contributed by atoms with Crippen LogP contribution in [0.5, 0.6) is 5.75 Å². The Labute approximate surface area is 153 Å². The predicted molar refractivity (Wildman–Crippen MR) is 104 cm³/mol. The number of phenolic OH excluding ortho intramolecular Hbond substituents is 1. The van der Waals surface area contributed by atoms with Crippen LogP contribution in [0, 0.1) is 5.92 Å². The number of aromatic hydroxyl groups is 1. The molecule has 3 heteroatoms. The van der Waals surface area contributed by atoms with E-state index in [1.807, 2.05) is 6.92 Å². The Morgan fingerprint density at radius 1 is 1.00 bits per heavy atom. The van der Waals surface area contributed by atoms with Gasteiger partial charge in [0.25, 0.3) is 0 Å². The molecule has 0 saturated carbocycles. The first-order valence-electron chi connectivity index (χ1n) is 9.07. The fourth-order valence-electron chi connectivity index (χ4n) is 3.34. The zero-order valence-electron chi connectivity index (χ0n) is 17.7. The number of phenols is 1. The van der Waals surface area contributed by atoms with E-state index in [1.54, 1.807) is 0 Å². The van der Waals surface area contributed by atoms with Gasteiger partial charge >= 0.3 is 5.97 Å². The summed E-state index contributed by atoms with van der Waals surface area (Å²) < 4.78 is 4.89. The summed E-state index contributed by atoms with van der Waals surface area (Å²) in [6.45, 7) is 18.9. The van der Waals surface area contributed by atoms with Crippen LogP contribution in [0.1, 0.15) is 85.4 Å². The molecule has 0 amide bonds. The maximum Gasteiger partial charge on any atom is 0.308 e. The van der Waals surface area contributed by atoms with Crippen LogP contribution >= 0.6 is 0 Å². The molecule has 1 unspecified atom stereocenters. The smallest absolute Gasteiger partial charge is 0.308 e. The Balaban J connectivity index is 3.51. The third-order valence-electron chi connectivity index (χ3n) is 4.93. The zero-order valence-corrected chi connectivity index (χ0v) is 17.7. The highest BCUT2D eigenvalue weighted by Crippen LogP contribution is 2.43. The van der Waals surface area contributed by atoms with Crippen LogP contribution in [0.2, 0.25) is 0 Å². The van der Waals surface area contributed by atoms with E-state index in [2.05, 4.69) is 67.5 Å². The SMILES string of the molecule is COC(=O)C(C)CC(C)(C)c1cc(C(C)(C)C)c(O)c(C(C)(C)C)c1. The monoisotopic (exact) mass is 348 g/mol. The van der Waals surface area contributed by atoms with Crippen LogP contribution in [-0.2, 0) is 25.8 Å². The highest BCUT2D eigenvalue weighted by atomic mass is 16.5. The number of hydrogen-bond acceptors (Lipinski definition) is 3. The Kier molecular flexibility index (Phi) is 6.04. The third-order valence-corrected chi connectivity index (χ3v) is 4.93. The number of esters is 1. The Morgan fingerprint density at radius 3 is 1.72 bits per heavy atom. The molecule has 0 aliphatic rings. The third kappa shape index (κ3) is 4.99. The molecular weight excluding hydrogens is 312 g/mol. The van der Waals surface area contributed by atoms with Gasteiger partial charge in [0, 0.05) is 0 Å². The molecule has 25 heavy (non-hydrogen) atoms. The zero-order chi connectivity index (χ0) is 19.8. The average Bonchev–Trinajstić information content (AvgIpc) is 2.43. The van der Waals surface area contributed by atoms with Gasteiger partial charge in [0.15, 0.2) is 0 Å². The number of ether oxygens (including phenoxy) is 1. The molecule has 0 fully saturated rings. The molecule has 0 heterocycles. The van der Waals surface area contributed by atoms with E-state index in [0.29, 0.717) is 12.2 Å². The summed E-state index contributed by atoms with van der Waals surface area (Å²) in [4.78, 5) is 11.9. The summed E-state index contributed by atoms with van der Waals surface area (Å²) in [6, 6.07) is 4.21. The van der Waals surface area contributed by atoms with Crippen molar-refractivity contribution in [2.75, 3.05) is 7.11 Å². The van der Waals surface area contributed by atoms with Gasteiger partial charge < -0.3 is 9.84 Å². The van der Waals surface area contributed by atoms with Crippen molar-refractivity contribution in [3.8, 4) is 5.75 Å². The Morgan fingerprint density at radius 2 is 1.40 bits per heavy atom. The molecule has 0 aliphatic carbocycles. The molecule has 0 radical (unpaired) electrons. The Bertz CT molecular complexity index is 593. The standard InChI is InChI=1S/C22H36O3/c1-14(19(24)25-10)13-22(8,9)15-11-16(20(2,3)4)18(23)17(12-15)21(5,6)7/h11-12,14,23H,13H2,1-10H3. The molecule has 0 saturated heterocycles. The van der Waals surface area contributed by atoms with Gasteiger partial charge in [-0.05, 0) is 39.4 Å². The van der Waals surface area contributed by atoms with Gasteiger partial charge in [-0.15, -0.1) is 0 Å². The van der Waals surface area contributed by atoms with Crippen LogP contribution in [-0.4, -0.2) is 18.2 Å². The molecule has 1 atom stereocenters. The van der Waals surface area contributed by atoms with E-state index in [9.17, 15) is 9.90 Å². The molecule has 0 aromatic heterocycles. The molecule has 1 aromatic carbocycles. The molecule has 3 nitrogen and oxygen atoms in total. The van der Waals surface area contributed by atoms with Crippen molar-refractivity contribution >= 4 is 5.97 Å². The summed E-state index contributed by atoms with van der Waals surface area (Å²) in [7, 11) is 1.43. The van der Waals surface area contributed by atoms with Crippen molar-refractivity contribution in [1.29, 1.82) is 0 Å². The van der Waals surface area contributed by atoms with Crippen molar-refractivity contribution in [2.45, 2.75) is 85.0 Å². The van der Waals surface area contributed by atoms with E-state index in [1.165, 1.54) is 7.11 Å². The molecule has 1 aromatic rings. The summed E-state index contributed by atoms with van der Waals surface area (Å²) in [6.07, 6.45) is 0.692. The summed E-state index contributed by atoms with van der Waals surface area (Å²) in [5, 5.41) is 10.9. The molecule has 1 rings (SSSR count). The van der Waals surface area contributed by atoms with Crippen LogP contribution in [0.4, 0.5) is 0 Å². The summed E-state index contributed by atoms with van der Waals surface area (Å²) in [5.41, 5.74) is 2.52. The van der Waals surface area contributed by atoms with Crippen molar-refractivity contribution in [3.63, 3.8) is 0 Å². The molecular formula is C22H36O3. The highest BCUT2D eigenvalue weighted by molar-refractivity contribution is 5.72. The quantitative estimate of drug-likeness (QED) is 0.735. The van der Waals surface area contributed by atoms with Crippen molar-refractivity contribution in [2.24, 2.45) is 5.92 Å². The fourth-order valence-corrected chi connectivity index (χ4v) is 3.34. The van der Waals surface area contributed by atoms with Gasteiger partial charge in [0.1, 0.15) is 5.75 Å². The average molecular weight is 349 g/mol. The number of carbonyl (C=O) groups is 1. The fraction of sp³-hybridized carbons (Fsp3) is 0.682. The summed E-state index contributed by atoms with van der Waals surface area (Å²) >= 11 is 0. The minimum atomic E-state index is -0.207. The molecule has 0 aliphatic heterocycles. The van der Waals surface area contributed by atoms with Gasteiger partial charge in [-0.25, -0.2) is 0 Å². The first kappa shape index (κ1) is 21.5. The number of carbonyl (C=O) groups excluding carboxylic acids is 1. The van der Waals surface area contributed by atoms with Crippen LogP contribution in [0.25, 0.3) is 0 Å². The first-order valence-corrected chi connectivity index (χ1v) is 9.07. The lowest BCUT2D eigenvalue weighted by Crippen LogP contribution is -2.27. The second-order valence-corrected chi connectivity index (χ2v) is 9.93. The van der Waals surface area contributed by atoms with Gasteiger partial charge in [-0.1, -0.05) is 74.4 Å². The van der Waals surface area contributed by atoms with E-state index in [0.717, 1.165) is 16.7 Å². The summed E-state index contributed by atoms with van der Waals surface area (Å²) in [5.74, 6) is 0.0319. The molecule has 0 spiro atoms. The topological polar surface area (TPSA) is 46.5 Å². The van der Waals surface area contributed by atoms with Crippen molar-refractivity contribution in [3.05, 3.63) is 28.8 Å². The second-order valence-electron chi connectivity index (χ2n) is 9.93. The molecule has 1 N–H and O–H groups in total. The molecule has 142 valence electrons. The maximum absolute atomic E-state index is 11.9. The van der Waals surface area contributed by atoms with Crippen molar-refractivity contribution in [1.82, 2.24) is 0 Å². The lowest BCUT2D eigenvalue weighted by Gasteiger charge is -2.33. The van der Waals surface area contributed by atoms with Gasteiger partial charge in [0.2, 0.25) is 0 Å². The Hall–Kier alpha value is -1.51. The van der Waals surface area contributed by atoms with Crippen LogP contribution in [0.3, 0.4) is 0 Å². The number of rotatable bonds is 4. The van der Waals surface area contributed by atoms with Crippen molar-refractivity contribution < 1.29 is 14.6 Å².